The molecule has 2 aromatic rings. The summed E-state index contributed by atoms with van der Waals surface area (Å²) < 4.78 is 67.0. The third-order valence-electron chi connectivity index (χ3n) is 6.60. The number of sulfonamides is 1. The lowest BCUT2D eigenvalue weighted by Crippen LogP contribution is -2.37. The van der Waals surface area contributed by atoms with Crippen molar-refractivity contribution in [1.82, 2.24) is 4.90 Å². The number of hydrogen-bond donors (Lipinski definition) is 1. The van der Waals surface area contributed by atoms with Gasteiger partial charge in [-0.25, -0.2) is 8.42 Å². The van der Waals surface area contributed by atoms with Gasteiger partial charge < -0.3 is 4.90 Å². The number of carbonyl (C=O) groups is 1. The Hall–Kier alpha value is -2.26. The molecule has 2 fully saturated rings. The van der Waals surface area contributed by atoms with Crippen LogP contribution >= 0.6 is 11.6 Å². The number of amides is 1. The monoisotopic (exact) mass is 514 g/mol. The summed E-state index contributed by atoms with van der Waals surface area (Å²) in [4.78, 5) is 15.0. The lowest BCUT2D eigenvalue weighted by atomic mass is 9.65. The van der Waals surface area contributed by atoms with Crippen molar-refractivity contribution < 1.29 is 26.4 Å². The van der Waals surface area contributed by atoms with Crippen LogP contribution < -0.4 is 4.72 Å². The maximum Gasteiger partial charge on any atom is 0.416 e. The van der Waals surface area contributed by atoms with Crippen molar-refractivity contribution in [3.63, 3.8) is 0 Å². The molecule has 1 heterocycles. The Morgan fingerprint density at radius 1 is 1.12 bits per heavy atom. The number of likely N-dealkylation sites (tertiary alicyclic amines) is 1. The van der Waals surface area contributed by atoms with E-state index in [9.17, 15) is 26.4 Å². The number of benzene rings is 2. The van der Waals surface area contributed by atoms with E-state index in [-0.39, 0.29) is 43.9 Å². The first kappa shape index (κ1) is 24.9. The predicted molar refractivity (Wildman–Crippen MR) is 124 cm³/mol. The Balaban J connectivity index is 1.62. The zero-order chi connectivity index (χ0) is 25.1. The van der Waals surface area contributed by atoms with Gasteiger partial charge in [-0.1, -0.05) is 38.4 Å². The molecule has 1 N–H and O–H groups in total. The number of nitrogens with one attached hydrogen (secondary N) is 1. The van der Waals surface area contributed by atoms with Crippen LogP contribution in [-0.4, -0.2) is 31.8 Å². The second kappa shape index (κ2) is 8.16. The fourth-order valence-corrected chi connectivity index (χ4v) is 6.93. The number of carbonyl (C=O) groups excluding carboxylic acids is 1. The molecule has 0 aromatic heterocycles. The van der Waals surface area contributed by atoms with E-state index in [0.29, 0.717) is 12.6 Å². The molecule has 2 aliphatic rings. The van der Waals surface area contributed by atoms with Crippen LogP contribution in [0.25, 0.3) is 0 Å². The third kappa shape index (κ3) is 4.91. The molecular formula is C24H26ClF3N2O3S. The molecular weight excluding hydrogens is 489 g/mol. The lowest BCUT2D eigenvalue weighted by molar-refractivity contribution is -0.137. The van der Waals surface area contributed by atoms with E-state index in [2.05, 4.69) is 25.5 Å². The molecule has 4 rings (SSSR count). The van der Waals surface area contributed by atoms with Gasteiger partial charge in [0.25, 0.3) is 15.9 Å². The fourth-order valence-electron chi connectivity index (χ4n) is 5.66. The Bertz CT molecular complexity index is 1250. The van der Waals surface area contributed by atoms with Gasteiger partial charge in [-0.15, -0.1) is 0 Å². The van der Waals surface area contributed by atoms with Crippen LogP contribution in [0.3, 0.4) is 0 Å². The van der Waals surface area contributed by atoms with Crippen LogP contribution in [0, 0.1) is 10.8 Å². The van der Waals surface area contributed by atoms with Crippen LogP contribution in [0.15, 0.2) is 47.4 Å². The molecule has 2 atom stereocenters. The van der Waals surface area contributed by atoms with Gasteiger partial charge >= 0.3 is 6.18 Å². The molecule has 2 bridgehead atoms. The molecule has 1 aliphatic carbocycles. The van der Waals surface area contributed by atoms with E-state index >= 15 is 0 Å². The van der Waals surface area contributed by atoms with Crippen molar-refractivity contribution in [2.75, 3.05) is 11.3 Å². The highest BCUT2D eigenvalue weighted by Gasteiger charge is 2.51. The SMILES string of the molecule is CC1(C)C[C@@H]2C[C@](C)(CN2C(=O)c2cc(S(=O)(=O)Nc3cccc(C(F)(F)F)c3)ccc2Cl)C1. The molecule has 0 spiro atoms. The zero-order valence-electron chi connectivity index (χ0n) is 19.0. The van der Waals surface area contributed by atoms with Crippen molar-refractivity contribution >= 4 is 33.2 Å². The highest BCUT2D eigenvalue weighted by Crippen LogP contribution is 2.52. The number of halogens is 4. The van der Waals surface area contributed by atoms with E-state index in [0.717, 1.165) is 31.4 Å². The van der Waals surface area contributed by atoms with Crippen LogP contribution in [0.4, 0.5) is 18.9 Å². The number of alkyl halides is 3. The topological polar surface area (TPSA) is 66.5 Å². The van der Waals surface area contributed by atoms with Crippen molar-refractivity contribution in [1.29, 1.82) is 0 Å². The Kier molecular flexibility index (Phi) is 5.96. The van der Waals surface area contributed by atoms with E-state index < -0.39 is 21.8 Å². The van der Waals surface area contributed by atoms with Crippen LogP contribution in [0.2, 0.25) is 5.02 Å². The first-order valence-electron chi connectivity index (χ1n) is 10.9. The maximum absolute atomic E-state index is 13.5. The first-order valence-corrected chi connectivity index (χ1v) is 12.8. The van der Waals surface area contributed by atoms with E-state index in [1.54, 1.807) is 4.90 Å². The molecule has 1 saturated carbocycles. The van der Waals surface area contributed by atoms with Crippen molar-refractivity contribution in [2.24, 2.45) is 10.8 Å². The van der Waals surface area contributed by atoms with Crippen molar-refractivity contribution in [2.45, 2.75) is 57.1 Å². The standard InChI is InChI=1S/C24H26ClF3N2O3S/c1-22(2)11-17-12-23(3,13-22)14-30(17)21(31)19-10-18(7-8-20(19)25)34(32,33)29-16-6-4-5-15(9-16)24(26,27)28/h4-10,17,29H,11-14H2,1-3H3/t17-,23+/m1/s1. The predicted octanol–water partition coefficient (Wildman–Crippen LogP) is 6.20. The van der Waals surface area contributed by atoms with Gasteiger partial charge in [-0.3, -0.25) is 9.52 Å². The van der Waals surface area contributed by atoms with Gasteiger partial charge in [0, 0.05) is 18.3 Å². The summed E-state index contributed by atoms with van der Waals surface area (Å²) in [5.74, 6) is -0.340. The molecule has 2 aromatic carbocycles. The molecule has 184 valence electrons. The molecule has 5 nitrogen and oxygen atoms in total. The second-order valence-corrected chi connectivity index (χ2v) is 12.6. The number of anilines is 1. The number of fused-ring (bicyclic) bond motifs is 2. The van der Waals surface area contributed by atoms with E-state index in [1.165, 1.54) is 24.3 Å². The number of rotatable bonds is 4. The quantitative estimate of drug-likeness (QED) is 0.528. The van der Waals surface area contributed by atoms with E-state index in [4.69, 9.17) is 11.6 Å². The smallest absolute Gasteiger partial charge is 0.335 e. The summed E-state index contributed by atoms with van der Waals surface area (Å²) in [5, 5.41) is 0.119. The third-order valence-corrected chi connectivity index (χ3v) is 8.30. The highest BCUT2D eigenvalue weighted by molar-refractivity contribution is 7.92. The van der Waals surface area contributed by atoms with Gasteiger partial charge in [0.15, 0.2) is 0 Å². The van der Waals surface area contributed by atoms with Crippen molar-refractivity contribution in [3.8, 4) is 0 Å². The molecule has 1 amide bonds. The summed E-state index contributed by atoms with van der Waals surface area (Å²) in [7, 11) is -4.27. The van der Waals surface area contributed by atoms with Crippen LogP contribution in [0.5, 0.6) is 0 Å². The normalized spacial score (nSPS) is 24.2. The molecule has 1 saturated heterocycles. The van der Waals surface area contributed by atoms with Crippen LogP contribution in [0.1, 0.15) is 56.0 Å². The fraction of sp³-hybridized carbons (Fsp3) is 0.458. The zero-order valence-corrected chi connectivity index (χ0v) is 20.6. The van der Waals surface area contributed by atoms with Gasteiger partial charge in [-0.2, -0.15) is 13.2 Å². The summed E-state index contributed by atoms with van der Waals surface area (Å²) in [5.41, 5.74) is -1.07. The minimum atomic E-state index is -4.61. The number of hydrogen-bond acceptors (Lipinski definition) is 3. The summed E-state index contributed by atoms with van der Waals surface area (Å²) in [6.45, 7) is 7.10. The number of nitrogens with zero attached hydrogens (tertiary/aromatic N) is 1. The molecule has 0 radical (unpaired) electrons. The van der Waals surface area contributed by atoms with E-state index in [1.807, 2.05) is 0 Å². The molecule has 1 aliphatic heterocycles. The Labute approximate surface area is 202 Å². The Morgan fingerprint density at radius 3 is 2.50 bits per heavy atom. The average molecular weight is 515 g/mol. The minimum Gasteiger partial charge on any atom is -0.335 e. The lowest BCUT2D eigenvalue weighted by Gasteiger charge is -2.39. The van der Waals surface area contributed by atoms with Gasteiger partial charge in [0.05, 0.1) is 21.0 Å². The van der Waals surface area contributed by atoms with Crippen molar-refractivity contribution in [3.05, 3.63) is 58.6 Å². The Morgan fingerprint density at radius 2 is 1.82 bits per heavy atom. The average Bonchev–Trinajstić information content (AvgIpc) is 2.95. The first-order chi connectivity index (χ1) is 15.6. The largest absolute Gasteiger partial charge is 0.416 e. The summed E-state index contributed by atoms with van der Waals surface area (Å²) >= 11 is 6.30. The molecule has 10 heteroatoms. The van der Waals surface area contributed by atoms with Crippen LogP contribution in [-0.2, 0) is 16.2 Å². The molecule has 0 unspecified atom stereocenters. The van der Waals surface area contributed by atoms with Gasteiger partial charge in [0.1, 0.15) is 0 Å². The van der Waals surface area contributed by atoms with Gasteiger partial charge in [0.2, 0.25) is 0 Å². The summed E-state index contributed by atoms with van der Waals surface area (Å²) in [6.07, 6.45) is -1.89. The minimum absolute atomic E-state index is 0.0106. The maximum atomic E-state index is 13.5. The molecule has 34 heavy (non-hydrogen) atoms. The van der Waals surface area contributed by atoms with Gasteiger partial charge in [-0.05, 0) is 66.5 Å². The summed E-state index contributed by atoms with van der Waals surface area (Å²) in [6, 6.07) is 7.69. The highest BCUT2D eigenvalue weighted by atomic mass is 35.5. The second-order valence-electron chi connectivity index (χ2n) is 10.5.